The van der Waals surface area contributed by atoms with E-state index >= 15 is 0 Å². The van der Waals surface area contributed by atoms with Crippen LogP contribution in [0, 0.1) is 6.92 Å². The van der Waals surface area contributed by atoms with Gasteiger partial charge in [0.1, 0.15) is 0 Å². The second kappa shape index (κ2) is 9.24. The van der Waals surface area contributed by atoms with Crippen LogP contribution in [-0.2, 0) is 26.2 Å². The normalized spacial score (nSPS) is 14.2. The minimum atomic E-state index is -4.00. The monoisotopic (exact) mass is 504 g/mol. The van der Waals surface area contributed by atoms with Crippen molar-refractivity contribution in [3.63, 3.8) is 0 Å². The zero-order valence-electron chi connectivity index (χ0n) is 16.5. The highest BCUT2D eigenvalue weighted by atomic mass is 79.9. The molecule has 0 fully saturated rings. The zero-order valence-corrected chi connectivity index (χ0v) is 19.7. The molecule has 0 aliphatic heterocycles. The molecular formula is C22H21BrN2O3S2. The van der Waals surface area contributed by atoms with Crippen LogP contribution in [-0.4, -0.2) is 24.7 Å². The number of hydrogen-bond donors (Lipinski definition) is 0. The van der Waals surface area contributed by atoms with E-state index in [4.69, 9.17) is 0 Å². The molecule has 8 heteroatoms. The van der Waals surface area contributed by atoms with Gasteiger partial charge < -0.3 is 0 Å². The Kier molecular flexibility index (Phi) is 6.90. The first-order valence-electron chi connectivity index (χ1n) is 9.08. The summed E-state index contributed by atoms with van der Waals surface area (Å²) in [6.07, 6.45) is 1.62. The molecular weight excluding hydrogens is 484 g/mol. The van der Waals surface area contributed by atoms with Crippen molar-refractivity contribution in [3.8, 4) is 0 Å². The van der Waals surface area contributed by atoms with Crippen LogP contribution in [0.5, 0.6) is 0 Å². The van der Waals surface area contributed by atoms with Crippen molar-refractivity contribution in [2.24, 2.45) is 8.76 Å². The van der Waals surface area contributed by atoms with Crippen molar-refractivity contribution in [2.75, 3.05) is 6.26 Å². The topological polar surface area (TPSA) is 75.9 Å². The van der Waals surface area contributed by atoms with Crippen LogP contribution in [0.4, 0.5) is 0 Å². The van der Waals surface area contributed by atoms with Gasteiger partial charge in [0.15, 0.2) is 5.84 Å². The number of amidine groups is 1. The average molecular weight is 505 g/mol. The van der Waals surface area contributed by atoms with E-state index in [1.807, 2.05) is 43.3 Å². The largest absolute Gasteiger partial charge is 0.284 e. The lowest BCUT2D eigenvalue weighted by molar-refractivity contribution is 0.598. The number of rotatable bonds is 5. The van der Waals surface area contributed by atoms with Crippen molar-refractivity contribution in [1.82, 2.24) is 0 Å². The molecule has 0 saturated heterocycles. The molecule has 0 aromatic heterocycles. The predicted molar refractivity (Wildman–Crippen MR) is 125 cm³/mol. The fraction of sp³-hybridized carbons (Fsp3) is 0.136. The van der Waals surface area contributed by atoms with Crippen LogP contribution in [0.3, 0.4) is 0 Å². The quantitative estimate of drug-likeness (QED) is 0.351. The van der Waals surface area contributed by atoms with Gasteiger partial charge in [0.05, 0.1) is 19.5 Å². The van der Waals surface area contributed by atoms with E-state index in [2.05, 4.69) is 24.7 Å². The molecule has 1 atom stereocenters. The number of halogens is 1. The van der Waals surface area contributed by atoms with Gasteiger partial charge in [0.25, 0.3) is 10.0 Å². The number of nitrogens with zero attached hydrogens (tertiary/aromatic N) is 2. The Bertz CT molecular complexity index is 1290. The summed E-state index contributed by atoms with van der Waals surface area (Å²) in [7, 11) is -6.94. The fourth-order valence-electron chi connectivity index (χ4n) is 2.76. The third-order valence-electron chi connectivity index (χ3n) is 4.27. The molecule has 0 radical (unpaired) electrons. The highest BCUT2D eigenvalue weighted by Crippen LogP contribution is 2.23. The molecule has 0 saturated carbocycles. The number of sulfonamides is 1. The Morgan fingerprint density at radius 2 is 1.47 bits per heavy atom. The van der Waals surface area contributed by atoms with Crippen molar-refractivity contribution < 1.29 is 12.6 Å². The lowest BCUT2D eigenvalue weighted by Gasteiger charge is -2.09. The van der Waals surface area contributed by atoms with E-state index in [0.29, 0.717) is 9.37 Å². The van der Waals surface area contributed by atoms with E-state index < -0.39 is 19.8 Å². The molecule has 5 nitrogen and oxygen atoms in total. The van der Waals surface area contributed by atoms with Gasteiger partial charge in [-0.05, 0) is 52.7 Å². The SMILES string of the molecule is Cc1ccc(S(=O)(=O)/N=C(\Cc2ccccc2)N=[S@](C)(=O)c2ccccc2Br)cc1. The number of aryl methyl sites for hydroxylation is 1. The molecule has 0 aliphatic carbocycles. The molecule has 0 amide bonds. The average Bonchev–Trinajstić information content (AvgIpc) is 2.68. The molecule has 0 N–H and O–H groups in total. The summed E-state index contributed by atoms with van der Waals surface area (Å²) in [6, 6.07) is 22.7. The first-order valence-corrected chi connectivity index (χ1v) is 13.2. The number of hydrogen-bond acceptors (Lipinski definition) is 3. The summed E-state index contributed by atoms with van der Waals surface area (Å²) < 4.78 is 48.1. The lowest BCUT2D eigenvalue weighted by atomic mass is 10.1. The van der Waals surface area contributed by atoms with Gasteiger partial charge in [-0.1, -0.05) is 60.2 Å². The van der Waals surface area contributed by atoms with Gasteiger partial charge in [-0.3, -0.25) is 0 Å². The summed E-state index contributed by atoms with van der Waals surface area (Å²) in [4.78, 5) is 0.552. The molecule has 0 heterocycles. The maximum absolute atomic E-state index is 13.4. The first-order chi connectivity index (χ1) is 14.2. The molecule has 156 valence electrons. The maximum atomic E-state index is 13.4. The second-order valence-corrected chi connectivity index (χ2v) is 11.5. The van der Waals surface area contributed by atoms with E-state index in [9.17, 15) is 12.6 Å². The highest BCUT2D eigenvalue weighted by molar-refractivity contribution is 9.10. The van der Waals surface area contributed by atoms with E-state index in [1.54, 1.807) is 30.3 Å². The van der Waals surface area contributed by atoms with Gasteiger partial charge in [-0.2, -0.15) is 12.8 Å². The van der Waals surface area contributed by atoms with E-state index in [-0.39, 0.29) is 17.2 Å². The van der Waals surface area contributed by atoms with Gasteiger partial charge in [0, 0.05) is 17.1 Å². The minimum absolute atomic E-state index is 0.00923. The van der Waals surface area contributed by atoms with Crippen LogP contribution in [0.1, 0.15) is 11.1 Å². The Labute approximate surface area is 186 Å². The van der Waals surface area contributed by atoms with Crippen molar-refractivity contribution >= 4 is 41.5 Å². The molecule has 3 aromatic carbocycles. The molecule has 0 bridgehead atoms. The molecule has 0 unspecified atom stereocenters. The minimum Gasteiger partial charge on any atom is -0.245 e. The second-order valence-electron chi connectivity index (χ2n) is 6.78. The van der Waals surface area contributed by atoms with Gasteiger partial charge >= 0.3 is 0 Å². The maximum Gasteiger partial charge on any atom is 0.284 e. The standard InChI is InChI=1S/C22H21BrN2O3S2/c1-17-12-14-19(15-13-17)30(27,28)25-22(16-18-8-4-3-5-9-18)24-29(2,26)21-11-7-6-10-20(21)23/h3-15H,16H2,1-2H3/b25-22+/t29-/m1/s1. The lowest BCUT2D eigenvalue weighted by Crippen LogP contribution is -2.10. The van der Waals surface area contributed by atoms with Gasteiger partial charge in [-0.25, -0.2) is 4.21 Å². The molecule has 30 heavy (non-hydrogen) atoms. The third-order valence-corrected chi connectivity index (χ3v) is 8.28. The Balaban J connectivity index is 2.13. The number of benzene rings is 3. The summed E-state index contributed by atoms with van der Waals surface area (Å²) in [5.41, 5.74) is 1.76. The molecule has 3 aromatic rings. The Morgan fingerprint density at radius 3 is 2.10 bits per heavy atom. The Morgan fingerprint density at radius 1 is 0.867 bits per heavy atom. The summed E-state index contributed by atoms with van der Waals surface area (Å²) in [5, 5.41) is 0. The van der Waals surface area contributed by atoms with E-state index in [0.717, 1.165) is 11.1 Å². The third kappa shape index (κ3) is 5.65. The van der Waals surface area contributed by atoms with Crippen molar-refractivity contribution in [2.45, 2.75) is 23.1 Å². The van der Waals surface area contributed by atoms with Crippen molar-refractivity contribution in [3.05, 3.63) is 94.5 Å². The van der Waals surface area contributed by atoms with Crippen LogP contribution in [0.15, 0.2) is 102 Å². The fourth-order valence-corrected chi connectivity index (χ4v) is 6.34. The smallest absolute Gasteiger partial charge is 0.245 e. The Hall–Kier alpha value is -2.29. The van der Waals surface area contributed by atoms with Crippen LogP contribution in [0.25, 0.3) is 0 Å². The molecule has 3 rings (SSSR count). The van der Waals surface area contributed by atoms with Crippen LogP contribution < -0.4 is 0 Å². The summed E-state index contributed by atoms with van der Waals surface area (Å²) >= 11 is 3.40. The highest BCUT2D eigenvalue weighted by Gasteiger charge is 2.17. The van der Waals surface area contributed by atoms with Crippen LogP contribution >= 0.6 is 15.9 Å². The summed E-state index contributed by atoms with van der Waals surface area (Å²) in [6.45, 7) is 1.87. The first kappa shape index (κ1) is 22.4. The van der Waals surface area contributed by atoms with Crippen molar-refractivity contribution in [1.29, 1.82) is 0 Å². The van der Waals surface area contributed by atoms with E-state index in [1.165, 1.54) is 18.4 Å². The van der Waals surface area contributed by atoms with Crippen LogP contribution in [0.2, 0.25) is 0 Å². The predicted octanol–water partition coefficient (Wildman–Crippen LogP) is 5.24. The molecule has 0 aliphatic rings. The van der Waals surface area contributed by atoms with Gasteiger partial charge in [-0.15, -0.1) is 4.40 Å². The van der Waals surface area contributed by atoms with Gasteiger partial charge in [0.2, 0.25) is 0 Å². The molecule has 0 spiro atoms. The summed E-state index contributed by atoms with van der Waals surface area (Å²) in [5.74, 6) is -0.00923. The zero-order chi connectivity index (χ0) is 21.8.